The Bertz CT molecular complexity index is 958. The van der Waals surface area contributed by atoms with Crippen molar-refractivity contribution in [2.75, 3.05) is 16.8 Å². The van der Waals surface area contributed by atoms with Gasteiger partial charge in [-0.2, -0.15) is 0 Å². The van der Waals surface area contributed by atoms with Crippen molar-refractivity contribution in [3.8, 4) is 5.75 Å². The van der Waals surface area contributed by atoms with Crippen molar-refractivity contribution in [3.05, 3.63) is 83.0 Å². The largest absolute Gasteiger partial charge is 0.494 e. The molecule has 1 aliphatic heterocycles. The van der Waals surface area contributed by atoms with Crippen molar-refractivity contribution in [3.63, 3.8) is 0 Å². The highest BCUT2D eigenvalue weighted by Gasteiger charge is 2.38. The predicted octanol–water partition coefficient (Wildman–Crippen LogP) is 4.90. The summed E-state index contributed by atoms with van der Waals surface area (Å²) in [5, 5.41) is 3.96. The zero-order valence-electron chi connectivity index (χ0n) is 14.7. The van der Waals surface area contributed by atoms with Gasteiger partial charge >= 0.3 is 0 Å². The number of aromatic nitrogens is 1. The molecule has 0 bridgehead atoms. The molecule has 0 fully saturated rings. The van der Waals surface area contributed by atoms with Gasteiger partial charge in [0.15, 0.2) is 0 Å². The maximum atomic E-state index is 13.0. The first-order valence-electron chi connectivity index (χ1n) is 8.71. The van der Waals surface area contributed by atoms with Gasteiger partial charge in [0, 0.05) is 23.0 Å². The summed E-state index contributed by atoms with van der Waals surface area (Å²) in [4.78, 5) is 19.0. The number of nitrogens with zero attached hydrogens (tertiary/aromatic N) is 2. The lowest BCUT2D eigenvalue weighted by molar-refractivity contribution is 0.0992. The van der Waals surface area contributed by atoms with Crippen molar-refractivity contribution >= 4 is 29.0 Å². The van der Waals surface area contributed by atoms with Gasteiger partial charge in [-0.3, -0.25) is 9.69 Å². The number of ether oxygens (including phenoxy) is 1. The predicted molar refractivity (Wildman–Crippen MR) is 106 cm³/mol. The second kappa shape index (κ2) is 7.29. The fourth-order valence-corrected chi connectivity index (χ4v) is 3.29. The van der Waals surface area contributed by atoms with Gasteiger partial charge in [-0.05, 0) is 49.4 Å². The minimum Gasteiger partial charge on any atom is -0.494 e. The van der Waals surface area contributed by atoms with Crippen LogP contribution in [-0.4, -0.2) is 17.5 Å². The second-order valence-electron chi connectivity index (χ2n) is 6.10. The molecule has 0 aliphatic carbocycles. The molecule has 5 nitrogen and oxygen atoms in total. The Kier molecular flexibility index (Phi) is 4.69. The number of anilines is 2. The highest BCUT2D eigenvalue weighted by molar-refractivity contribution is 6.30. The van der Waals surface area contributed by atoms with Gasteiger partial charge in [0.1, 0.15) is 17.7 Å². The van der Waals surface area contributed by atoms with E-state index < -0.39 is 0 Å². The number of rotatable bonds is 5. The Morgan fingerprint density at radius 2 is 1.89 bits per heavy atom. The Hall–Kier alpha value is -3.05. The lowest BCUT2D eigenvalue weighted by Crippen LogP contribution is -2.32. The number of pyridine rings is 1. The molecule has 0 saturated carbocycles. The fraction of sp³-hybridized carbons (Fsp3) is 0.143. The SMILES string of the molecule is CCOc1ccc(N[C@@H]2c3ccccc3C(=O)N2c2ccc(Cl)cn2)cc1. The third kappa shape index (κ3) is 3.34. The van der Waals surface area contributed by atoms with E-state index in [0.29, 0.717) is 23.0 Å². The van der Waals surface area contributed by atoms with Crippen molar-refractivity contribution in [1.82, 2.24) is 4.98 Å². The molecule has 136 valence electrons. The molecule has 1 N–H and O–H groups in total. The van der Waals surface area contributed by atoms with E-state index in [1.807, 2.05) is 55.5 Å². The summed E-state index contributed by atoms with van der Waals surface area (Å²) in [5.74, 6) is 1.26. The molecule has 0 unspecified atom stereocenters. The summed E-state index contributed by atoms with van der Waals surface area (Å²) in [6, 6.07) is 18.7. The standard InChI is InChI=1S/C21H18ClN3O2/c1-2-27-16-10-8-15(9-11-16)24-20-17-5-3-4-6-18(17)21(26)25(20)19-12-7-14(22)13-23-19/h3-13,20,24H,2H2,1H3/t20-/m0/s1. The minimum absolute atomic E-state index is 0.0936. The summed E-state index contributed by atoms with van der Waals surface area (Å²) in [6.45, 7) is 2.57. The van der Waals surface area contributed by atoms with Crippen molar-refractivity contribution in [1.29, 1.82) is 0 Å². The van der Waals surface area contributed by atoms with Gasteiger partial charge in [0.05, 0.1) is 11.6 Å². The monoisotopic (exact) mass is 379 g/mol. The Morgan fingerprint density at radius 3 is 2.59 bits per heavy atom. The molecule has 27 heavy (non-hydrogen) atoms. The maximum absolute atomic E-state index is 13.0. The summed E-state index contributed by atoms with van der Waals surface area (Å²) in [7, 11) is 0. The van der Waals surface area contributed by atoms with Gasteiger partial charge in [0.2, 0.25) is 0 Å². The number of hydrogen-bond acceptors (Lipinski definition) is 4. The third-order valence-corrected chi connectivity index (χ3v) is 4.61. The van der Waals surface area contributed by atoms with E-state index in [4.69, 9.17) is 16.3 Å². The molecule has 0 spiro atoms. The van der Waals surface area contributed by atoms with Crippen LogP contribution in [0.3, 0.4) is 0 Å². The average Bonchev–Trinajstić information content (AvgIpc) is 2.97. The molecule has 1 aromatic heterocycles. The van der Waals surface area contributed by atoms with Crippen LogP contribution in [0.2, 0.25) is 5.02 Å². The number of halogens is 1. The molecule has 4 rings (SSSR count). The molecular formula is C21H18ClN3O2. The minimum atomic E-state index is -0.361. The van der Waals surface area contributed by atoms with Crippen LogP contribution in [-0.2, 0) is 0 Å². The molecule has 2 heterocycles. The molecule has 0 saturated heterocycles. The first-order chi connectivity index (χ1) is 13.2. The van der Waals surface area contributed by atoms with Gasteiger partial charge in [0.25, 0.3) is 5.91 Å². The fourth-order valence-electron chi connectivity index (χ4n) is 3.18. The summed E-state index contributed by atoms with van der Waals surface area (Å²) in [5.41, 5.74) is 2.46. The first-order valence-corrected chi connectivity index (χ1v) is 9.08. The van der Waals surface area contributed by atoms with Crippen molar-refractivity contribution in [2.24, 2.45) is 0 Å². The molecule has 3 aromatic rings. The molecule has 1 amide bonds. The normalized spacial score (nSPS) is 15.6. The highest BCUT2D eigenvalue weighted by atomic mass is 35.5. The van der Waals surface area contributed by atoms with E-state index in [-0.39, 0.29) is 12.1 Å². The van der Waals surface area contributed by atoms with Crippen molar-refractivity contribution < 1.29 is 9.53 Å². The summed E-state index contributed by atoms with van der Waals surface area (Å²) in [6.07, 6.45) is 1.18. The van der Waals surface area contributed by atoms with Crippen LogP contribution in [0.25, 0.3) is 0 Å². The van der Waals surface area contributed by atoms with E-state index >= 15 is 0 Å². The highest BCUT2D eigenvalue weighted by Crippen LogP contribution is 2.37. The van der Waals surface area contributed by atoms with Crippen LogP contribution >= 0.6 is 11.6 Å². The number of benzene rings is 2. The van der Waals surface area contributed by atoms with Crippen LogP contribution in [0.4, 0.5) is 11.5 Å². The van der Waals surface area contributed by atoms with Crippen molar-refractivity contribution in [2.45, 2.75) is 13.1 Å². The lowest BCUT2D eigenvalue weighted by Gasteiger charge is -2.26. The van der Waals surface area contributed by atoms with Gasteiger partial charge in [-0.25, -0.2) is 4.98 Å². The molecule has 1 atom stereocenters. The van der Waals surface area contributed by atoms with E-state index in [1.54, 1.807) is 23.2 Å². The molecule has 1 aliphatic rings. The molecule has 2 aromatic carbocycles. The van der Waals surface area contributed by atoms with E-state index in [9.17, 15) is 4.79 Å². The number of hydrogen-bond donors (Lipinski definition) is 1. The molecule has 6 heteroatoms. The van der Waals surface area contributed by atoms with Gasteiger partial charge in [-0.1, -0.05) is 29.8 Å². The molecular weight excluding hydrogens is 362 g/mol. The second-order valence-corrected chi connectivity index (χ2v) is 6.54. The molecule has 0 radical (unpaired) electrons. The van der Waals surface area contributed by atoms with E-state index in [0.717, 1.165) is 17.0 Å². The van der Waals surface area contributed by atoms with Crippen LogP contribution in [0.5, 0.6) is 5.75 Å². The first kappa shape index (κ1) is 17.4. The van der Waals surface area contributed by atoms with E-state index in [2.05, 4.69) is 10.3 Å². The average molecular weight is 380 g/mol. The number of carbonyl (C=O) groups excluding carboxylic acids is 1. The number of carbonyl (C=O) groups is 1. The summed E-state index contributed by atoms with van der Waals surface area (Å²) < 4.78 is 5.49. The van der Waals surface area contributed by atoms with Crippen LogP contribution < -0.4 is 15.0 Å². The summed E-state index contributed by atoms with van der Waals surface area (Å²) >= 11 is 5.96. The van der Waals surface area contributed by atoms with Gasteiger partial charge < -0.3 is 10.1 Å². The Labute approximate surface area is 162 Å². The smallest absolute Gasteiger partial charge is 0.261 e. The van der Waals surface area contributed by atoms with Gasteiger partial charge in [-0.15, -0.1) is 0 Å². The zero-order valence-corrected chi connectivity index (χ0v) is 15.5. The van der Waals surface area contributed by atoms with Crippen LogP contribution in [0.15, 0.2) is 66.9 Å². The number of nitrogens with one attached hydrogen (secondary N) is 1. The third-order valence-electron chi connectivity index (χ3n) is 4.39. The van der Waals surface area contributed by atoms with Crippen LogP contribution in [0, 0.1) is 0 Å². The Morgan fingerprint density at radius 1 is 1.11 bits per heavy atom. The number of amides is 1. The number of fused-ring (bicyclic) bond motifs is 1. The van der Waals surface area contributed by atoms with Crippen LogP contribution in [0.1, 0.15) is 29.0 Å². The topological polar surface area (TPSA) is 54.5 Å². The maximum Gasteiger partial charge on any atom is 0.261 e. The lowest BCUT2D eigenvalue weighted by atomic mass is 10.1. The Balaban J connectivity index is 1.70. The quantitative estimate of drug-likeness (QED) is 0.684. The van der Waals surface area contributed by atoms with E-state index in [1.165, 1.54) is 0 Å². The zero-order chi connectivity index (χ0) is 18.8.